The summed E-state index contributed by atoms with van der Waals surface area (Å²) in [5.74, 6) is 0.804. The molecule has 4 aromatic rings. The van der Waals surface area contributed by atoms with Crippen LogP contribution in [-0.2, 0) is 17.8 Å². The summed E-state index contributed by atoms with van der Waals surface area (Å²) >= 11 is 0. The van der Waals surface area contributed by atoms with E-state index in [0.717, 1.165) is 41.6 Å². The predicted octanol–water partition coefficient (Wildman–Crippen LogP) is 3.26. The minimum Gasteiger partial charge on any atom is -0.497 e. The van der Waals surface area contributed by atoms with E-state index >= 15 is 0 Å². The topological polar surface area (TPSA) is 102 Å². The standard InChI is InChI=1S/C24H25N5O3/c1-32-15-11-12-19-18(14-15)16-7-4-9-21(23(16)26-19)25-22(30)10-5-13-29-24(31)17-6-2-3-8-20(17)27-28-29/h2-3,6,8,11-12,14,21,26H,4-5,7,9-10,13H2,1H3,(H,25,30)/t21-/m1/s1. The zero-order valence-corrected chi connectivity index (χ0v) is 17.9. The van der Waals surface area contributed by atoms with Crippen molar-refractivity contribution < 1.29 is 9.53 Å². The first-order valence-corrected chi connectivity index (χ1v) is 10.9. The summed E-state index contributed by atoms with van der Waals surface area (Å²) in [5, 5.41) is 13.0. The minimum absolute atomic E-state index is 0.0270. The second-order valence-corrected chi connectivity index (χ2v) is 8.18. The predicted molar refractivity (Wildman–Crippen MR) is 122 cm³/mol. The summed E-state index contributed by atoms with van der Waals surface area (Å²) < 4.78 is 6.70. The Morgan fingerprint density at radius 2 is 2.12 bits per heavy atom. The number of nitrogens with zero attached hydrogens (tertiary/aromatic N) is 3. The van der Waals surface area contributed by atoms with Crippen LogP contribution in [0.3, 0.4) is 0 Å². The van der Waals surface area contributed by atoms with Crippen molar-refractivity contribution in [1.29, 1.82) is 0 Å². The van der Waals surface area contributed by atoms with Crippen molar-refractivity contribution in [3.05, 3.63) is 64.1 Å². The maximum atomic E-state index is 12.7. The summed E-state index contributed by atoms with van der Waals surface area (Å²) in [6.07, 6.45) is 3.74. The Kier molecular flexibility index (Phi) is 5.34. The van der Waals surface area contributed by atoms with Crippen LogP contribution in [0.2, 0.25) is 0 Å². The zero-order chi connectivity index (χ0) is 22.1. The van der Waals surface area contributed by atoms with Gasteiger partial charge in [0.1, 0.15) is 11.3 Å². The minimum atomic E-state index is -0.179. The Balaban J connectivity index is 1.25. The summed E-state index contributed by atoms with van der Waals surface area (Å²) in [7, 11) is 1.67. The van der Waals surface area contributed by atoms with E-state index in [1.807, 2.05) is 24.3 Å². The first-order valence-electron chi connectivity index (χ1n) is 10.9. The van der Waals surface area contributed by atoms with E-state index in [4.69, 9.17) is 4.74 Å². The fourth-order valence-corrected chi connectivity index (χ4v) is 4.54. The van der Waals surface area contributed by atoms with Gasteiger partial charge < -0.3 is 15.0 Å². The van der Waals surface area contributed by atoms with Crippen molar-refractivity contribution in [3.8, 4) is 5.75 Å². The number of fused-ring (bicyclic) bond motifs is 4. The maximum Gasteiger partial charge on any atom is 0.277 e. The Morgan fingerprint density at radius 1 is 1.25 bits per heavy atom. The molecule has 0 bridgehead atoms. The zero-order valence-electron chi connectivity index (χ0n) is 17.9. The molecule has 0 fully saturated rings. The number of aromatic nitrogens is 4. The number of hydrogen-bond donors (Lipinski definition) is 2. The molecule has 0 saturated carbocycles. The van der Waals surface area contributed by atoms with E-state index in [1.54, 1.807) is 19.2 Å². The first kappa shape index (κ1) is 20.2. The lowest BCUT2D eigenvalue weighted by atomic mass is 9.91. The molecule has 1 aliphatic rings. The Hall–Kier alpha value is -3.68. The van der Waals surface area contributed by atoms with Crippen LogP contribution >= 0.6 is 0 Å². The molecule has 1 aliphatic carbocycles. The second-order valence-electron chi connectivity index (χ2n) is 8.18. The van der Waals surface area contributed by atoms with Crippen LogP contribution in [0.4, 0.5) is 0 Å². The number of aryl methyl sites for hydroxylation is 2. The van der Waals surface area contributed by atoms with Gasteiger partial charge in [0.25, 0.3) is 5.56 Å². The highest BCUT2D eigenvalue weighted by Gasteiger charge is 2.25. The normalized spacial score (nSPS) is 15.6. The second kappa shape index (κ2) is 8.45. The molecule has 2 N–H and O–H groups in total. The van der Waals surface area contributed by atoms with E-state index in [9.17, 15) is 9.59 Å². The summed E-state index contributed by atoms with van der Waals surface area (Å²) in [6.45, 7) is 0.353. The molecule has 0 spiro atoms. The summed E-state index contributed by atoms with van der Waals surface area (Å²) in [6, 6.07) is 13.1. The highest BCUT2D eigenvalue weighted by atomic mass is 16.5. The molecule has 0 unspecified atom stereocenters. The number of rotatable bonds is 6. The van der Waals surface area contributed by atoms with Crippen molar-refractivity contribution in [2.45, 2.75) is 44.7 Å². The highest BCUT2D eigenvalue weighted by Crippen LogP contribution is 2.36. The number of aromatic amines is 1. The van der Waals surface area contributed by atoms with Gasteiger partial charge in [0, 0.05) is 29.6 Å². The smallest absolute Gasteiger partial charge is 0.277 e. The lowest BCUT2D eigenvalue weighted by Crippen LogP contribution is -2.31. The SMILES string of the molecule is COc1ccc2[nH]c3c(c2c1)CCC[C@H]3NC(=O)CCCn1nnc2ccccc2c1=O. The van der Waals surface area contributed by atoms with E-state index in [-0.39, 0.29) is 17.5 Å². The molecule has 164 valence electrons. The number of nitrogens with one attached hydrogen (secondary N) is 2. The van der Waals surface area contributed by atoms with E-state index in [0.29, 0.717) is 30.3 Å². The van der Waals surface area contributed by atoms with Gasteiger partial charge >= 0.3 is 0 Å². The highest BCUT2D eigenvalue weighted by molar-refractivity contribution is 5.87. The fourth-order valence-electron chi connectivity index (χ4n) is 4.54. The third kappa shape index (κ3) is 3.72. The molecule has 0 radical (unpaired) electrons. The molecule has 2 aromatic heterocycles. The van der Waals surface area contributed by atoms with Crippen molar-refractivity contribution in [2.24, 2.45) is 0 Å². The molecule has 0 aliphatic heterocycles. The van der Waals surface area contributed by atoms with Crippen molar-refractivity contribution in [3.63, 3.8) is 0 Å². The van der Waals surface area contributed by atoms with Gasteiger partial charge in [0.15, 0.2) is 0 Å². The molecule has 1 atom stereocenters. The monoisotopic (exact) mass is 431 g/mol. The molecule has 5 rings (SSSR count). The average Bonchev–Trinajstić information content (AvgIpc) is 3.19. The summed E-state index contributed by atoms with van der Waals surface area (Å²) in [4.78, 5) is 28.7. The van der Waals surface area contributed by atoms with Gasteiger partial charge in [-0.2, -0.15) is 0 Å². The van der Waals surface area contributed by atoms with Crippen LogP contribution in [0.5, 0.6) is 5.75 Å². The lowest BCUT2D eigenvalue weighted by molar-refractivity contribution is -0.122. The number of ether oxygens (including phenoxy) is 1. The van der Waals surface area contributed by atoms with Gasteiger partial charge in [-0.25, -0.2) is 4.68 Å². The Labute approximate surface area is 184 Å². The van der Waals surface area contributed by atoms with Crippen molar-refractivity contribution in [2.75, 3.05) is 7.11 Å². The molecular weight excluding hydrogens is 406 g/mol. The Bertz CT molecular complexity index is 1360. The number of carbonyl (C=O) groups excluding carboxylic acids is 1. The molecule has 32 heavy (non-hydrogen) atoms. The quantitative estimate of drug-likeness (QED) is 0.488. The van der Waals surface area contributed by atoms with Crippen LogP contribution in [-0.4, -0.2) is 33.0 Å². The number of hydrogen-bond acceptors (Lipinski definition) is 5. The lowest BCUT2D eigenvalue weighted by Gasteiger charge is -2.24. The number of carbonyl (C=O) groups is 1. The van der Waals surface area contributed by atoms with Gasteiger partial charge in [-0.3, -0.25) is 9.59 Å². The molecule has 1 amide bonds. The summed E-state index contributed by atoms with van der Waals surface area (Å²) in [5.41, 5.74) is 3.81. The van der Waals surface area contributed by atoms with Gasteiger partial charge in [-0.1, -0.05) is 17.3 Å². The molecule has 8 nitrogen and oxygen atoms in total. The number of methoxy groups -OCH3 is 1. The van der Waals surface area contributed by atoms with E-state index in [2.05, 4.69) is 26.7 Å². The first-order chi connectivity index (χ1) is 15.6. The molecule has 0 saturated heterocycles. The van der Waals surface area contributed by atoms with Crippen molar-refractivity contribution >= 4 is 27.7 Å². The average molecular weight is 431 g/mol. The molecule has 8 heteroatoms. The van der Waals surface area contributed by atoms with Crippen LogP contribution in [0.25, 0.3) is 21.8 Å². The van der Waals surface area contributed by atoms with E-state index in [1.165, 1.54) is 10.2 Å². The van der Waals surface area contributed by atoms with Gasteiger partial charge in [-0.05, 0) is 61.6 Å². The van der Waals surface area contributed by atoms with Crippen LogP contribution in [0.15, 0.2) is 47.3 Å². The van der Waals surface area contributed by atoms with Crippen LogP contribution in [0, 0.1) is 0 Å². The maximum absolute atomic E-state index is 12.7. The molecule has 2 aromatic carbocycles. The fraction of sp³-hybridized carbons (Fsp3) is 0.333. The van der Waals surface area contributed by atoms with Gasteiger partial charge in [-0.15, -0.1) is 5.10 Å². The third-order valence-electron chi connectivity index (χ3n) is 6.15. The van der Waals surface area contributed by atoms with E-state index < -0.39 is 0 Å². The van der Waals surface area contributed by atoms with Gasteiger partial charge in [0.2, 0.25) is 5.91 Å². The third-order valence-corrected chi connectivity index (χ3v) is 6.15. The van der Waals surface area contributed by atoms with Gasteiger partial charge in [0.05, 0.1) is 18.5 Å². The van der Waals surface area contributed by atoms with Crippen LogP contribution in [0.1, 0.15) is 43.0 Å². The van der Waals surface area contributed by atoms with Crippen LogP contribution < -0.4 is 15.6 Å². The van der Waals surface area contributed by atoms with Crippen molar-refractivity contribution in [1.82, 2.24) is 25.3 Å². The molecule has 2 heterocycles. The number of benzene rings is 2. The molecular formula is C24H25N5O3. The number of amides is 1. The Morgan fingerprint density at radius 3 is 3.00 bits per heavy atom. The number of H-pyrrole nitrogens is 1. The largest absolute Gasteiger partial charge is 0.497 e.